The lowest BCUT2D eigenvalue weighted by atomic mass is 10.1. The summed E-state index contributed by atoms with van der Waals surface area (Å²) in [7, 11) is 1.84. The first-order chi connectivity index (χ1) is 9.13. The number of rotatable bonds is 8. The average molecular weight is 319 g/mol. The highest BCUT2D eigenvalue weighted by Crippen LogP contribution is 2.12. The Balaban J connectivity index is 0.00000361. The molecule has 0 fully saturated rings. The van der Waals surface area contributed by atoms with Crippen LogP contribution in [0.2, 0.25) is 5.02 Å². The number of nitrogens with two attached hydrogens (primary N) is 1. The Morgan fingerprint density at radius 3 is 2.35 bits per heavy atom. The smallest absolute Gasteiger partial charge is 0.222 e. The maximum atomic E-state index is 11.9. The normalized spacial score (nSPS) is 9.95. The second-order valence-electron chi connectivity index (χ2n) is 4.83. The first-order valence-corrected chi connectivity index (χ1v) is 7.19. The summed E-state index contributed by atoms with van der Waals surface area (Å²) in [5.41, 5.74) is 6.53. The molecule has 1 aromatic carbocycles. The Kier molecular flexibility index (Phi) is 10.5. The van der Waals surface area contributed by atoms with Crippen LogP contribution in [0.15, 0.2) is 24.3 Å². The quantitative estimate of drug-likeness (QED) is 0.744. The molecule has 0 unspecified atom stereocenters. The molecule has 0 bridgehead atoms. The van der Waals surface area contributed by atoms with Gasteiger partial charge in [-0.15, -0.1) is 12.4 Å². The SMILES string of the molecule is CN(Cc1ccc(Cl)cc1)C(=O)CCCCCCN.Cl. The van der Waals surface area contributed by atoms with Gasteiger partial charge < -0.3 is 10.6 Å². The molecule has 0 aliphatic heterocycles. The van der Waals surface area contributed by atoms with Gasteiger partial charge in [0, 0.05) is 25.0 Å². The second-order valence-corrected chi connectivity index (χ2v) is 5.27. The molecule has 5 heteroatoms. The maximum Gasteiger partial charge on any atom is 0.222 e. The van der Waals surface area contributed by atoms with E-state index in [1.165, 1.54) is 0 Å². The first kappa shape index (κ1) is 19.2. The molecule has 1 aromatic rings. The molecule has 20 heavy (non-hydrogen) atoms. The molecule has 0 atom stereocenters. The van der Waals surface area contributed by atoms with Crippen LogP contribution in [0.3, 0.4) is 0 Å². The van der Waals surface area contributed by atoms with Gasteiger partial charge in [-0.05, 0) is 37.1 Å². The van der Waals surface area contributed by atoms with Crippen LogP contribution in [0.25, 0.3) is 0 Å². The van der Waals surface area contributed by atoms with Gasteiger partial charge in [0.15, 0.2) is 0 Å². The van der Waals surface area contributed by atoms with Gasteiger partial charge in [0.2, 0.25) is 5.91 Å². The predicted octanol–water partition coefficient (Wildman–Crippen LogP) is 3.63. The Labute approximate surface area is 132 Å². The molecule has 1 amide bonds. The second kappa shape index (κ2) is 11.0. The van der Waals surface area contributed by atoms with Crippen LogP contribution in [-0.4, -0.2) is 24.4 Å². The fourth-order valence-corrected chi connectivity index (χ4v) is 2.04. The molecule has 0 saturated heterocycles. The zero-order valence-electron chi connectivity index (χ0n) is 12.0. The number of carbonyl (C=O) groups excluding carboxylic acids is 1. The summed E-state index contributed by atoms with van der Waals surface area (Å²) in [6.45, 7) is 1.38. The number of nitrogens with zero attached hydrogens (tertiary/aromatic N) is 1. The summed E-state index contributed by atoms with van der Waals surface area (Å²) < 4.78 is 0. The van der Waals surface area contributed by atoms with E-state index in [1.807, 2.05) is 31.3 Å². The van der Waals surface area contributed by atoms with Crippen molar-refractivity contribution in [1.82, 2.24) is 4.90 Å². The van der Waals surface area contributed by atoms with Crippen molar-refractivity contribution in [2.45, 2.75) is 38.6 Å². The van der Waals surface area contributed by atoms with E-state index >= 15 is 0 Å². The minimum absolute atomic E-state index is 0. The summed E-state index contributed by atoms with van der Waals surface area (Å²) in [5.74, 6) is 0.197. The van der Waals surface area contributed by atoms with E-state index in [4.69, 9.17) is 17.3 Å². The van der Waals surface area contributed by atoms with Crippen molar-refractivity contribution in [3.8, 4) is 0 Å². The van der Waals surface area contributed by atoms with Crippen molar-refractivity contribution >= 4 is 29.9 Å². The van der Waals surface area contributed by atoms with Crippen molar-refractivity contribution in [2.75, 3.05) is 13.6 Å². The van der Waals surface area contributed by atoms with E-state index in [0.717, 1.165) is 42.8 Å². The number of carbonyl (C=O) groups is 1. The van der Waals surface area contributed by atoms with Gasteiger partial charge in [0.05, 0.1) is 0 Å². The molecule has 3 nitrogen and oxygen atoms in total. The lowest BCUT2D eigenvalue weighted by molar-refractivity contribution is -0.130. The topological polar surface area (TPSA) is 46.3 Å². The molecule has 114 valence electrons. The number of halogens is 2. The van der Waals surface area contributed by atoms with Crippen LogP contribution in [0.5, 0.6) is 0 Å². The van der Waals surface area contributed by atoms with Crippen LogP contribution in [0.1, 0.15) is 37.7 Å². The third-order valence-electron chi connectivity index (χ3n) is 3.10. The molecule has 0 saturated carbocycles. The zero-order chi connectivity index (χ0) is 14.1. The third-order valence-corrected chi connectivity index (χ3v) is 3.36. The minimum atomic E-state index is 0. The van der Waals surface area contributed by atoms with Crippen LogP contribution in [0, 0.1) is 0 Å². The molecule has 0 aliphatic rings. The van der Waals surface area contributed by atoms with Gasteiger partial charge in [0.25, 0.3) is 0 Å². The van der Waals surface area contributed by atoms with E-state index in [0.29, 0.717) is 13.0 Å². The highest BCUT2D eigenvalue weighted by atomic mass is 35.5. The molecule has 1 rings (SSSR count). The highest BCUT2D eigenvalue weighted by Gasteiger charge is 2.08. The highest BCUT2D eigenvalue weighted by molar-refractivity contribution is 6.30. The van der Waals surface area contributed by atoms with Gasteiger partial charge in [-0.1, -0.05) is 36.6 Å². The van der Waals surface area contributed by atoms with Crippen LogP contribution < -0.4 is 5.73 Å². The minimum Gasteiger partial charge on any atom is -0.341 e. The largest absolute Gasteiger partial charge is 0.341 e. The van der Waals surface area contributed by atoms with Crippen molar-refractivity contribution in [3.63, 3.8) is 0 Å². The van der Waals surface area contributed by atoms with E-state index in [-0.39, 0.29) is 18.3 Å². The first-order valence-electron chi connectivity index (χ1n) is 6.82. The number of amides is 1. The van der Waals surface area contributed by atoms with E-state index in [2.05, 4.69) is 0 Å². The average Bonchev–Trinajstić information content (AvgIpc) is 2.41. The molecular weight excluding hydrogens is 295 g/mol. The fourth-order valence-electron chi connectivity index (χ4n) is 1.92. The van der Waals surface area contributed by atoms with Gasteiger partial charge in [0.1, 0.15) is 0 Å². The molecule has 0 spiro atoms. The van der Waals surface area contributed by atoms with Crippen LogP contribution in [-0.2, 0) is 11.3 Å². The van der Waals surface area contributed by atoms with Gasteiger partial charge in [-0.3, -0.25) is 4.79 Å². The predicted molar refractivity (Wildman–Crippen MR) is 87.3 cm³/mol. The van der Waals surface area contributed by atoms with E-state index in [9.17, 15) is 4.79 Å². The van der Waals surface area contributed by atoms with Crippen molar-refractivity contribution in [3.05, 3.63) is 34.9 Å². The lowest BCUT2D eigenvalue weighted by Crippen LogP contribution is -2.25. The lowest BCUT2D eigenvalue weighted by Gasteiger charge is -2.17. The zero-order valence-corrected chi connectivity index (χ0v) is 13.6. The number of benzene rings is 1. The molecule has 0 heterocycles. The summed E-state index contributed by atoms with van der Waals surface area (Å²) in [6, 6.07) is 7.60. The fraction of sp³-hybridized carbons (Fsp3) is 0.533. The Bertz CT molecular complexity index is 382. The number of unbranched alkanes of at least 4 members (excludes halogenated alkanes) is 3. The van der Waals surface area contributed by atoms with Gasteiger partial charge >= 0.3 is 0 Å². The van der Waals surface area contributed by atoms with Crippen LogP contribution >= 0.6 is 24.0 Å². The Hall–Kier alpha value is -0.770. The van der Waals surface area contributed by atoms with E-state index < -0.39 is 0 Å². The number of hydrogen-bond acceptors (Lipinski definition) is 2. The maximum absolute atomic E-state index is 11.9. The summed E-state index contributed by atoms with van der Waals surface area (Å²) in [5, 5.41) is 0.720. The van der Waals surface area contributed by atoms with E-state index in [1.54, 1.807) is 4.90 Å². The monoisotopic (exact) mass is 318 g/mol. The molecule has 2 N–H and O–H groups in total. The number of hydrogen-bond donors (Lipinski definition) is 1. The summed E-state index contributed by atoms with van der Waals surface area (Å²) >= 11 is 5.83. The molecular formula is C15H24Cl2N2O. The standard InChI is InChI=1S/C15H23ClN2O.ClH/c1-18(12-13-7-9-14(16)10-8-13)15(19)6-4-2-3-5-11-17;/h7-10H,2-6,11-12,17H2,1H3;1H. The third kappa shape index (κ3) is 7.73. The Morgan fingerprint density at radius 2 is 1.75 bits per heavy atom. The van der Waals surface area contributed by atoms with Gasteiger partial charge in [-0.2, -0.15) is 0 Å². The van der Waals surface area contributed by atoms with Crippen LogP contribution in [0.4, 0.5) is 0 Å². The van der Waals surface area contributed by atoms with Gasteiger partial charge in [-0.25, -0.2) is 0 Å². The van der Waals surface area contributed by atoms with Crippen molar-refractivity contribution < 1.29 is 4.79 Å². The molecule has 0 aromatic heterocycles. The van der Waals surface area contributed by atoms with Crippen molar-refractivity contribution in [2.24, 2.45) is 5.73 Å². The molecule has 0 aliphatic carbocycles. The summed E-state index contributed by atoms with van der Waals surface area (Å²) in [4.78, 5) is 13.7. The Morgan fingerprint density at radius 1 is 1.15 bits per heavy atom. The molecule has 0 radical (unpaired) electrons. The summed E-state index contributed by atoms with van der Waals surface area (Å²) in [6.07, 6.45) is 4.82. The van der Waals surface area contributed by atoms with Crippen molar-refractivity contribution in [1.29, 1.82) is 0 Å².